The third kappa shape index (κ3) is 1.43. The first-order valence-corrected chi connectivity index (χ1v) is 4.82. The highest BCUT2D eigenvalue weighted by Gasteiger charge is 2.04. The molecule has 0 spiro atoms. The zero-order valence-electron chi connectivity index (χ0n) is 8.53. The van der Waals surface area contributed by atoms with E-state index in [-0.39, 0.29) is 0 Å². The zero-order valence-corrected chi connectivity index (χ0v) is 8.53. The Morgan fingerprint density at radius 2 is 2.14 bits per heavy atom. The second-order valence-corrected chi connectivity index (χ2v) is 3.26. The molecule has 1 aromatic heterocycles. The van der Waals surface area contributed by atoms with Gasteiger partial charge in [0, 0.05) is 10.8 Å². The van der Waals surface area contributed by atoms with E-state index in [2.05, 4.69) is 31.2 Å². The monoisotopic (exact) mass is 188 g/mol. The van der Waals surface area contributed by atoms with Crippen LogP contribution in [0, 0.1) is 0 Å². The summed E-state index contributed by atoms with van der Waals surface area (Å²) in [6.45, 7) is 2.17. The lowest BCUT2D eigenvalue weighted by Gasteiger charge is -2.01. The average molecular weight is 188 g/mol. The first-order chi connectivity index (χ1) is 6.85. The van der Waals surface area contributed by atoms with E-state index in [0.29, 0.717) is 0 Å². The Morgan fingerprint density at radius 1 is 1.29 bits per heavy atom. The van der Waals surface area contributed by atoms with Crippen LogP contribution in [0.5, 0.6) is 0 Å². The van der Waals surface area contributed by atoms with Gasteiger partial charge in [-0.15, -0.1) is 0 Å². The first kappa shape index (κ1) is 9.00. The lowest BCUT2D eigenvalue weighted by Crippen LogP contribution is -2.39. The van der Waals surface area contributed by atoms with Crippen molar-refractivity contribution in [3.8, 4) is 0 Å². The predicted molar refractivity (Wildman–Crippen MR) is 56.0 cm³/mol. The molecular weight excluding hydrogens is 174 g/mol. The molecule has 0 saturated carbocycles. The summed E-state index contributed by atoms with van der Waals surface area (Å²) in [4.78, 5) is 5.11. The second kappa shape index (κ2) is 3.66. The number of pyridine rings is 1. The van der Waals surface area contributed by atoms with Gasteiger partial charge in [-0.2, -0.15) is 0 Å². The van der Waals surface area contributed by atoms with Gasteiger partial charge in [-0.3, -0.25) is 4.84 Å². The summed E-state index contributed by atoms with van der Waals surface area (Å²) < 4.78 is 1.71. The fraction of sp³-hybridized carbons (Fsp3) is 0.250. The Labute approximate surface area is 83.7 Å². The van der Waals surface area contributed by atoms with Crippen LogP contribution in [-0.2, 0) is 6.42 Å². The minimum absolute atomic E-state index is 1.06. The maximum Gasteiger partial charge on any atom is 0.230 e. The maximum absolute atomic E-state index is 5.11. The number of hydrogen-bond donors (Lipinski definition) is 0. The van der Waals surface area contributed by atoms with Crippen molar-refractivity contribution in [1.82, 2.24) is 0 Å². The molecule has 2 nitrogen and oxygen atoms in total. The van der Waals surface area contributed by atoms with Crippen LogP contribution in [0.25, 0.3) is 10.8 Å². The number of nitrogens with zero attached hydrogens (tertiary/aromatic N) is 1. The van der Waals surface area contributed by atoms with Gasteiger partial charge in [0.05, 0.1) is 5.39 Å². The number of hydrogen-bond acceptors (Lipinski definition) is 1. The largest absolute Gasteiger partial charge is 0.275 e. The van der Waals surface area contributed by atoms with E-state index in [9.17, 15) is 0 Å². The van der Waals surface area contributed by atoms with E-state index in [1.54, 1.807) is 11.8 Å². The minimum atomic E-state index is 1.06. The van der Waals surface area contributed by atoms with Crippen LogP contribution in [0.4, 0.5) is 0 Å². The van der Waals surface area contributed by atoms with Crippen molar-refractivity contribution < 1.29 is 9.57 Å². The fourth-order valence-corrected chi connectivity index (χ4v) is 1.70. The van der Waals surface area contributed by atoms with Crippen LogP contribution in [-0.4, -0.2) is 7.11 Å². The van der Waals surface area contributed by atoms with Crippen LogP contribution in [0.2, 0.25) is 0 Å². The summed E-state index contributed by atoms with van der Waals surface area (Å²) >= 11 is 0. The predicted octanol–water partition coefficient (Wildman–Crippen LogP) is 1.75. The van der Waals surface area contributed by atoms with Gasteiger partial charge in [0.1, 0.15) is 7.11 Å². The molecule has 0 bridgehead atoms. The molecule has 0 atom stereocenters. The molecule has 72 valence electrons. The van der Waals surface area contributed by atoms with E-state index in [1.807, 2.05) is 12.4 Å². The fourth-order valence-electron chi connectivity index (χ4n) is 1.70. The molecule has 0 aliphatic heterocycles. The molecule has 0 aliphatic carbocycles. The highest BCUT2D eigenvalue weighted by atomic mass is 16.6. The van der Waals surface area contributed by atoms with Crippen molar-refractivity contribution in [2.24, 2.45) is 0 Å². The molecule has 1 heterocycles. The number of aromatic nitrogens is 1. The average Bonchev–Trinajstić information content (AvgIpc) is 2.27. The lowest BCUT2D eigenvalue weighted by atomic mass is 10.1. The van der Waals surface area contributed by atoms with E-state index in [0.717, 1.165) is 6.42 Å². The molecule has 0 N–H and O–H groups in total. The highest BCUT2D eigenvalue weighted by molar-refractivity contribution is 5.84. The summed E-state index contributed by atoms with van der Waals surface area (Å²) in [7, 11) is 1.66. The Bertz CT molecular complexity index is 451. The van der Waals surface area contributed by atoms with Gasteiger partial charge in [-0.25, -0.2) is 0 Å². The quantitative estimate of drug-likeness (QED) is 0.654. The molecule has 0 amide bonds. The SMILES string of the molecule is CCc1cccc2c[n+](OC)ccc12. The third-order valence-electron chi connectivity index (χ3n) is 2.48. The molecule has 0 radical (unpaired) electrons. The molecule has 1 aromatic carbocycles. The molecule has 2 heteroatoms. The van der Waals surface area contributed by atoms with Crippen molar-refractivity contribution in [2.45, 2.75) is 13.3 Å². The lowest BCUT2D eigenvalue weighted by molar-refractivity contribution is -0.884. The van der Waals surface area contributed by atoms with Gasteiger partial charge in [0.25, 0.3) is 0 Å². The molecule has 0 unspecified atom stereocenters. The molecule has 0 fully saturated rings. The van der Waals surface area contributed by atoms with Crippen molar-refractivity contribution >= 4 is 10.8 Å². The van der Waals surface area contributed by atoms with E-state index in [4.69, 9.17) is 4.84 Å². The van der Waals surface area contributed by atoms with Crippen molar-refractivity contribution in [3.05, 3.63) is 42.2 Å². The van der Waals surface area contributed by atoms with Crippen LogP contribution in [0.15, 0.2) is 36.7 Å². The Balaban J connectivity index is 2.67. The molecule has 2 rings (SSSR count). The van der Waals surface area contributed by atoms with Gasteiger partial charge in [0.2, 0.25) is 12.4 Å². The summed E-state index contributed by atoms with van der Waals surface area (Å²) in [5.74, 6) is 0. The van der Waals surface area contributed by atoms with Crippen LogP contribution >= 0.6 is 0 Å². The third-order valence-corrected chi connectivity index (χ3v) is 2.48. The molecule has 2 aromatic rings. The summed E-state index contributed by atoms with van der Waals surface area (Å²) in [5.41, 5.74) is 1.38. The van der Waals surface area contributed by atoms with Gasteiger partial charge >= 0.3 is 0 Å². The molecular formula is C12H14NO+. The smallest absolute Gasteiger partial charge is 0.230 e. The molecule has 0 saturated heterocycles. The summed E-state index contributed by atoms with van der Waals surface area (Å²) in [6.07, 6.45) is 4.99. The van der Waals surface area contributed by atoms with Crippen molar-refractivity contribution in [3.63, 3.8) is 0 Å². The Hall–Kier alpha value is -1.57. The maximum atomic E-state index is 5.11. The first-order valence-electron chi connectivity index (χ1n) is 4.82. The van der Waals surface area contributed by atoms with Crippen LogP contribution < -0.4 is 9.57 Å². The number of benzene rings is 1. The van der Waals surface area contributed by atoms with Crippen molar-refractivity contribution in [1.29, 1.82) is 0 Å². The Kier molecular flexibility index (Phi) is 2.35. The van der Waals surface area contributed by atoms with Crippen molar-refractivity contribution in [2.75, 3.05) is 7.11 Å². The van der Waals surface area contributed by atoms with E-state index >= 15 is 0 Å². The normalized spacial score (nSPS) is 10.4. The minimum Gasteiger partial charge on any atom is -0.275 e. The standard InChI is InChI=1S/C12H14NO/c1-3-10-5-4-6-11-9-13(14-2)8-7-12(10)11/h4-9H,3H2,1-2H3/q+1. The summed E-state index contributed by atoms with van der Waals surface area (Å²) in [6, 6.07) is 8.45. The van der Waals surface area contributed by atoms with Gasteiger partial charge < -0.3 is 0 Å². The summed E-state index contributed by atoms with van der Waals surface area (Å²) in [5, 5.41) is 2.53. The number of rotatable bonds is 2. The van der Waals surface area contributed by atoms with Gasteiger partial charge in [-0.05, 0) is 23.4 Å². The van der Waals surface area contributed by atoms with Gasteiger partial charge in [0.15, 0.2) is 0 Å². The molecule has 0 aliphatic rings. The van der Waals surface area contributed by atoms with E-state index < -0.39 is 0 Å². The number of fused-ring (bicyclic) bond motifs is 1. The molecule has 14 heavy (non-hydrogen) atoms. The second-order valence-electron chi connectivity index (χ2n) is 3.26. The number of aryl methyl sites for hydroxylation is 1. The van der Waals surface area contributed by atoms with Crippen LogP contribution in [0.3, 0.4) is 0 Å². The topological polar surface area (TPSA) is 13.1 Å². The van der Waals surface area contributed by atoms with Crippen LogP contribution in [0.1, 0.15) is 12.5 Å². The van der Waals surface area contributed by atoms with Gasteiger partial charge in [-0.1, -0.05) is 19.1 Å². The highest BCUT2D eigenvalue weighted by Crippen LogP contribution is 2.16. The Morgan fingerprint density at radius 3 is 2.86 bits per heavy atom. The van der Waals surface area contributed by atoms with E-state index in [1.165, 1.54) is 16.3 Å². The zero-order chi connectivity index (χ0) is 9.97.